The number of aromatic nitrogens is 3. The summed E-state index contributed by atoms with van der Waals surface area (Å²) in [6.07, 6.45) is 3.33. The first-order chi connectivity index (χ1) is 8.68. The van der Waals surface area contributed by atoms with Crippen molar-refractivity contribution in [2.24, 2.45) is 0 Å². The average Bonchev–Trinajstić information content (AvgIpc) is 2.69. The average molecular weight is 279 g/mol. The molecule has 0 fully saturated rings. The number of hydrogen-bond acceptors (Lipinski definition) is 3. The summed E-state index contributed by atoms with van der Waals surface area (Å²) in [6, 6.07) is 7.21. The van der Waals surface area contributed by atoms with Crippen LogP contribution in [0.1, 0.15) is 0 Å². The van der Waals surface area contributed by atoms with Crippen LogP contribution >= 0.6 is 23.2 Å². The van der Waals surface area contributed by atoms with Gasteiger partial charge in [-0.25, -0.2) is 4.98 Å². The minimum Gasteiger partial charge on any atom is -0.369 e. The number of benzene rings is 1. The number of halogens is 2. The van der Waals surface area contributed by atoms with Gasteiger partial charge in [-0.3, -0.25) is 9.55 Å². The van der Waals surface area contributed by atoms with Crippen LogP contribution in [0.5, 0.6) is 0 Å². The van der Waals surface area contributed by atoms with Crippen molar-refractivity contribution in [3.8, 4) is 5.69 Å². The lowest BCUT2D eigenvalue weighted by molar-refractivity contribution is 1.11. The van der Waals surface area contributed by atoms with E-state index in [-0.39, 0.29) is 0 Å². The smallest absolute Gasteiger partial charge is 0.206 e. The highest BCUT2D eigenvalue weighted by Crippen LogP contribution is 2.32. The summed E-state index contributed by atoms with van der Waals surface area (Å²) < 4.78 is 1.76. The topological polar surface area (TPSA) is 56.7 Å². The fraction of sp³-hybridized carbons (Fsp3) is 0. The summed E-state index contributed by atoms with van der Waals surface area (Å²) >= 11 is 12.2. The van der Waals surface area contributed by atoms with Crippen molar-refractivity contribution in [2.75, 3.05) is 5.73 Å². The Morgan fingerprint density at radius 1 is 1.17 bits per heavy atom. The molecule has 2 aromatic heterocycles. The number of imidazole rings is 1. The summed E-state index contributed by atoms with van der Waals surface area (Å²) in [6.45, 7) is 0. The van der Waals surface area contributed by atoms with Crippen LogP contribution in [0.3, 0.4) is 0 Å². The standard InChI is InChI=1S/C12H8Cl2N4/c13-7-2-1-3-10(11(7)14)18-9-4-5-16-6-8(9)17-12(18)15/h1-6H,(H2,15,17). The van der Waals surface area contributed by atoms with Crippen molar-refractivity contribution >= 4 is 40.2 Å². The highest BCUT2D eigenvalue weighted by molar-refractivity contribution is 6.43. The van der Waals surface area contributed by atoms with E-state index < -0.39 is 0 Å². The Bertz CT molecular complexity index is 736. The van der Waals surface area contributed by atoms with Gasteiger partial charge in [-0.05, 0) is 18.2 Å². The van der Waals surface area contributed by atoms with Crippen LogP contribution in [0.25, 0.3) is 16.7 Å². The molecular weight excluding hydrogens is 271 g/mol. The van der Waals surface area contributed by atoms with Gasteiger partial charge in [-0.1, -0.05) is 29.3 Å². The zero-order chi connectivity index (χ0) is 12.7. The summed E-state index contributed by atoms with van der Waals surface area (Å²) in [5.74, 6) is 0.349. The molecule has 0 amide bonds. The van der Waals surface area contributed by atoms with Crippen LogP contribution in [0, 0.1) is 0 Å². The second kappa shape index (κ2) is 4.15. The molecule has 0 spiro atoms. The molecule has 1 aromatic carbocycles. The van der Waals surface area contributed by atoms with E-state index in [0.717, 1.165) is 5.52 Å². The Morgan fingerprint density at radius 3 is 2.83 bits per heavy atom. The molecule has 2 heterocycles. The van der Waals surface area contributed by atoms with Gasteiger partial charge in [-0.2, -0.15) is 0 Å². The Kier molecular flexibility index (Phi) is 2.61. The molecule has 4 nitrogen and oxygen atoms in total. The summed E-state index contributed by atoms with van der Waals surface area (Å²) in [5.41, 5.74) is 8.18. The van der Waals surface area contributed by atoms with Crippen LogP contribution in [0.15, 0.2) is 36.7 Å². The highest BCUT2D eigenvalue weighted by atomic mass is 35.5. The molecule has 0 bridgehead atoms. The van der Waals surface area contributed by atoms with Crippen molar-refractivity contribution < 1.29 is 0 Å². The molecule has 3 rings (SSSR count). The second-order valence-corrected chi connectivity index (χ2v) is 4.53. The van der Waals surface area contributed by atoms with Gasteiger partial charge in [0.15, 0.2) is 0 Å². The van der Waals surface area contributed by atoms with Gasteiger partial charge >= 0.3 is 0 Å². The van der Waals surface area contributed by atoms with Gasteiger partial charge in [0.1, 0.15) is 5.52 Å². The molecule has 0 saturated heterocycles. The number of pyridine rings is 1. The van der Waals surface area contributed by atoms with Gasteiger partial charge in [0.05, 0.1) is 27.4 Å². The highest BCUT2D eigenvalue weighted by Gasteiger charge is 2.13. The van der Waals surface area contributed by atoms with E-state index in [1.807, 2.05) is 18.2 Å². The first-order valence-electron chi connectivity index (χ1n) is 5.21. The van der Waals surface area contributed by atoms with E-state index in [1.54, 1.807) is 23.0 Å². The van der Waals surface area contributed by atoms with Gasteiger partial charge in [0, 0.05) is 6.20 Å². The van der Waals surface area contributed by atoms with Crippen LogP contribution in [-0.2, 0) is 0 Å². The molecule has 90 valence electrons. The van der Waals surface area contributed by atoms with Crippen LogP contribution in [0.2, 0.25) is 10.0 Å². The maximum Gasteiger partial charge on any atom is 0.206 e. The number of nitrogens with zero attached hydrogens (tertiary/aromatic N) is 3. The molecular formula is C12H8Cl2N4. The first-order valence-corrected chi connectivity index (χ1v) is 5.96. The Labute approximate surface area is 113 Å². The summed E-state index contributed by atoms with van der Waals surface area (Å²) in [4.78, 5) is 8.25. The fourth-order valence-electron chi connectivity index (χ4n) is 1.87. The molecule has 0 atom stereocenters. The maximum atomic E-state index is 6.21. The van der Waals surface area contributed by atoms with Crippen LogP contribution in [0.4, 0.5) is 5.95 Å². The lowest BCUT2D eigenvalue weighted by Crippen LogP contribution is -2.01. The van der Waals surface area contributed by atoms with Crippen molar-refractivity contribution in [1.82, 2.24) is 14.5 Å². The van der Waals surface area contributed by atoms with Crippen LogP contribution in [-0.4, -0.2) is 14.5 Å². The molecule has 0 aliphatic carbocycles. The lowest BCUT2D eigenvalue weighted by atomic mass is 10.3. The molecule has 2 N–H and O–H groups in total. The number of nitrogens with two attached hydrogens (primary N) is 1. The SMILES string of the molecule is Nc1nc2cnccc2n1-c1cccc(Cl)c1Cl. The third-order valence-corrected chi connectivity index (χ3v) is 3.46. The molecule has 18 heavy (non-hydrogen) atoms. The minimum absolute atomic E-state index is 0.349. The lowest BCUT2D eigenvalue weighted by Gasteiger charge is -2.09. The largest absolute Gasteiger partial charge is 0.369 e. The Hall–Kier alpha value is -1.78. The van der Waals surface area contributed by atoms with E-state index in [0.29, 0.717) is 27.2 Å². The fourth-order valence-corrected chi connectivity index (χ4v) is 2.25. The third-order valence-electron chi connectivity index (χ3n) is 2.65. The van der Waals surface area contributed by atoms with Gasteiger partial charge in [0.25, 0.3) is 0 Å². The van der Waals surface area contributed by atoms with Crippen LogP contribution < -0.4 is 5.73 Å². The van der Waals surface area contributed by atoms with Gasteiger partial charge in [0.2, 0.25) is 5.95 Å². The van der Waals surface area contributed by atoms with E-state index >= 15 is 0 Å². The van der Waals surface area contributed by atoms with E-state index in [4.69, 9.17) is 28.9 Å². The normalized spacial score (nSPS) is 11.0. The quantitative estimate of drug-likeness (QED) is 0.743. The van der Waals surface area contributed by atoms with Gasteiger partial charge in [-0.15, -0.1) is 0 Å². The van der Waals surface area contributed by atoms with E-state index in [9.17, 15) is 0 Å². The van der Waals surface area contributed by atoms with Gasteiger partial charge < -0.3 is 5.73 Å². The van der Waals surface area contributed by atoms with Crippen molar-refractivity contribution in [3.63, 3.8) is 0 Å². The predicted octanol–water partition coefficient (Wildman–Crippen LogP) is 3.31. The molecule has 0 saturated carbocycles. The number of anilines is 1. The molecule has 0 unspecified atom stereocenters. The van der Waals surface area contributed by atoms with E-state index in [2.05, 4.69) is 9.97 Å². The number of nitrogen functional groups attached to an aromatic ring is 1. The maximum absolute atomic E-state index is 6.21. The number of rotatable bonds is 1. The van der Waals surface area contributed by atoms with Crippen molar-refractivity contribution in [3.05, 3.63) is 46.7 Å². The molecule has 3 aromatic rings. The predicted molar refractivity (Wildman–Crippen MR) is 73.3 cm³/mol. The zero-order valence-corrected chi connectivity index (χ0v) is 10.7. The second-order valence-electron chi connectivity index (χ2n) is 3.74. The molecule has 0 aliphatic rings. The van der Waals surface area contributed by atoms with Crippen molar-refractivity contribution in [1.29, 1.82) is 0 Å². The zero-order valence-electron chi connectivity index (χ0n) is 9.14. The monoisotopic (exact) mass is 278 g/mol. The van der Waals surface area contributed by atoms with E-state index in [1.165, 1.54) is 0 Å². The summed E-state index contributed by atoms with van der Waals surface area (Å²) in [7, 11) is 0. The number of fused-ring (bicyclic) bond motifs is 1. The molecule has 0 radical (unpaired) electrons. The third kappa shape index (κ3) is 1.62. The molecule has 0 aliphatic heterocycles. The Balaban J connectivity index is 2.38. The molecule has 6 heteroatoms. The van der Waals surface area contributed by atoms with Crippen molar-refractivity contribution in [2.45, 2.75) is 0 Å². The minimum atomic E-state index is 0.349. The first kappa shape index (κ1) is 11.3. The summed E-state index contributed by atoms with van der Waals surface area (Å²) in [5, 5.41) is 0.923. The Morgan fingerprint density at radius 2 is 2.00 bits per heavy atom. The number of hydrogen-bond donors (Lipinski definition) is 1.